The van der Waals surface area contributed by atoms with Crippen LogP contribution in [0.1, 0.15) is 0 Å². The van der Waals surface area contributed by atoms with E-state index in [4.69, 9.17) is 0 Å². The van der Waals surface area contributed by atoms with E-state index >= 15 is 0 Å². The van der Waals surface area contributed by atoms with Crippen LogP contribution in [-0.2, 0) is 0 Å². The van der Waals surface area contributed by atoms with Crippen LogP contribution in [0.3, 0.4) is 0 Å². The van der Waals surface area contributed by atoms with Gasteiger partial charge < -0.3 is 0 Å². The average Bonchev–Trinajstić information content (AvgIpc) is 2.48. The highest BCUT2D eigenvalue weighted by Crippen LogP contribution is 2.40. The quantitative estimate of drug-likeness (QED) is 0.481. The number of fused-ring (bicyclic) bond motifs is 1. The van der Waals surface area contributed by atoms with E-state index < -0.39 is 0 Å². The molecule has 0 heterocycles. The number of nitro groups is 1. The molecule has 3 nitrogen and oxygen atoms in total. The third-order valence-electron chi connectivity index (χ3n) is 3.23. The molecule has 0 aliphatic carbocycles. The second kappa shape index (κ2) is 5.06. The van der Waals surface area contributed by atoms with Gasteiger partial charge in [-0.1, -0.05) is 54.6 Å². The number of rotatable bonds is 2. The monoisotopic (exact) mass is 327 g/mol. The van der Waals surface area contributed by atoms with Crippen molar-refractivity contribution < 1.29 is 4.92 Å². The molecule has 0 radical (unpaired) electrons. The summed E-state index contributed by atoms with van der Waals surface area (Å²) in [5.74, 6) is 0. The van der Waals surface area contributed by atoms with Crippen molar-refractivity contribution in [2.24, 2.45) is 0 Å². The summed E-state index contributed by atoms with van der Waals surface area (Å²) in [5, 5.41) is 13.2. The van der Waals surface area contributed by atoms with E-state index in [0.717, 1.165) is 20.8 Å². The summed E-state index contributed by atoms with van der Waals surface area (Å²) < 4.78 is 0.736. The second-order valence-electron chi connectivity index (χ2n) is 4.42. The Morgan fingerprint density at radius 3 is 2.15 bits per heavy atom. The number of benzene rings is 3. The van der Waals surface area contributed by atoms with E-state index in [-0.39, 0.29) is 10.6 Å². The van der Waals surface area contributed by atoms with E-state index in [9.17, 15) is 10.1 Å². The largest absolute Gasteiger partial charge is 0.278 e. The number of nitrogens with zero attached hydrogens (tertiary/aromatic N) is 1. The summed E-state index contributed by atoms with van der Waals surface area (Å²) in [5.41, 5.74) is 1.62. The van der Waals surface area contributed by atoms with Crippen LogP contribution >= 0.6 is 15.9 Å². The lowest BCUT2D eigenvalue weighted by Gasteiger charge is -2.09. The molecule has 0 atom stereocenters. The van der Waals surface area contributed by atoms with Crippen molar-refractivity contribution in [1.29, 1.82) is 0 Å². The molecule has 0 N–H and O–H groups in total. The first-order chi connectivity index (χ1) is 9.68. The molecule has 0 aliphatic rings. The third kappa shape index (κ3) is 2.08. The van der Waals surface area contributed by atoms with Crippen LogP contribution in [0.25, 0.3) is 21.9 Å². The summed E-state index contributed by atoms with van der Waals surface area (Å²) in [7, 11) is 0. The summed E-state index contributed by atoms with van der Waals surface area (Å²) >= 11 is 3.42. The molecule has 0 bridgehead atoms. The first kappa shape index (κ1) is 12.8. The van der Waals surface area contributed by atoms with E-state index in [0.29, 0.717) is 5.56 Å². The van der Waals surface area contributed by atoms with Gasteiger partial charge in [0, 0.05) is 10.5 Å². The van der Waals surface area contributed by atoms with Crippen LogP contribution in [0.4, 0.5) is 5.69 Å². The molecular formula is C16H10BrNO2. The molecule has 0 aromatic heterocycles. The van der Waals surface area contributed by atoms with Gasteiger partial charge in [-0.3, -0.25) is 10.1 Å². The lowest BCUT2D eigenvalue weighted by atomic mass is 9.96. The van der Waals surface area contributed by atoms with Crippen LogP contribution in [-0.4, -0.2) is 4.92 Å². The smallest absolute Gasteiger partial charge is 0.258 e. The first-order valence-corrected chi connectivity index (χ1v) is 6.89. The van der Waals surface area contributed by atoms with Crippen LogP contribution < -0.4 is 0 Å². The van der Waals surface area contributed by atoms with Gasteiger partial charge in [-0.25, -0.2) is 0 Å². The molecule has 0 amide bonds. The minimum absolute atomic E-state index is 0.113. The Kier molecular flexibility index (Phi) is 3.24. The van der Waals surface area contributed by atoms with E-state index in [2.05, 4.69) is 15.9 Å². The summed E-state index contributed by atoms with van der Waals surface area (Å²) in [4.78, 5) is 11.0. The number of halogens is 1. The highest BCUT2D eigenvalue weighted by Gasteiger charge is 2.20. The zero-order valence-corrected chi connectivity index (χ0v) is 12.0. The van der Waals surface area contributed by atoms with Gasteiger partial charge in [0.05, 0.1) is 10.5 Å². The van der Waals surface area contributed by atoms with Gasteiger partial charge >= 0.3 is 0 Å². The maximum absolute atomic E-state index is 11.4. The Morgan fingerprint density at radius 2 is 1.50 bits per heavy atom. The average molecular weight is 328 g/mol. The zero-order valence-electron chi connectivity index (χ0n) is 10.4. The molecule has 0 unspecified atom stereocenters. The SMILES string of the molecule is O=[N+]([O-])c1cc(Br)c2ccccc2c1-c1ccccc1. The molecule has 3 aromatic rings. The molecule has 98 valence electrons. The maximum atomic E-state index is 11.4. The molecule has 0 fully saturated rings. The predicted octanol–water partition coefficient (Wildman–Crippen LogP) is 5.18. The van der Waals surface area contributed by atoms with Gasteiger partial charge in [0.15, 0.2) is 0 Å². The Labute approximate surface area is 124 Å². The zero-order chi connectivity index (χ0) is 14.1. The second-order valence-corrected chi connectivity index (χ2v) is 5.28. The Hall–Kier alpha value is -2.20. The van der Waals surface area contributed by atoms with Crippen LogP contribution in [0.15, 0.2) is 65.1 Å². The topological polar surface area (TPSA) is 43.1 Å². The minimum atomic E-state index is -0.334. The Bertz CT molecular complexity index is 800. The highest BCUT2D eigenvalue weighted by molar-refractivity contribution is 9.10. The van der Waals surface area contributed by atoms with Crippen molar-refractivity contribution in [3.05, 3.63) is 75.3 Å². The molecule has 3 aromatic carbocycles. The van der Waals surface area contributed by atoms with Crippen LogP contribution in [0.2, 0.25) is 0 Å². The van der Waals surface area contributed by atoms with Gasteiger partial charge in [0.2, 0.25) is 0 Å². The minimum Gasteiger partial charge on any atom is -0.258 e. The van der Waals surface area contributed by atoms with E-state index in [1.807, 2.05) is 54.6 Å². The number of nitro benzene ring substituents is 1. The fourth-order valence-corrected chi connectivity index (χ4v) is 2.93. The summed E-state index contributed by atoms with van der Waals surface area (Å²) in [6, 6.07) is 18.7. The van der Waals surface area contributed by atoms with Crippen LogP contribution in [0.5, 0.6) is 0 Å². The van der Waals surface area contributed by atoms with E-state index in [1.165, 1.54) is 0 Å². The summed E-state index contributed by atoms with van der Waals surface area (Å²) in [6.45, 7) is 0. The first-order valence-electron chi connectivity index (χ1n) is 6.09. The van der Waals surface area contributed by atoms with Crippen LogP contribution in [0, 0.1) is 10.1 Å². The third-order valence-corrected chi connectivity index (χ3v) is 3.89. The predicted molar refractivity (Wildman–Crippen MR) is 83.7 cm³/mol. The standard InChI is InChI=1S/C16H10BrNO2/c17-14-10-15(18(19)20)16(11-6-2-1-3-7-11)13-9-5-4-8-12(13)14/h1-10H. The lowest BCUT2D eigenvalue weighted by molar-refractivity contribution is -0.384. The van der Waals surface area contributed by atoms with Crippen molar-refractivity contribution in [1.82, 2.24) is 0 Å². The maximum Gasteiger partial charge on any atom is 0.278 e. The molecule has 4 heteroatoms. The van der Waals surface area contributed by atoms with Crippen molar-refractivity contribution in [3.63, 3.8) is 0 Å². The van der Waals surface area contributed by atoms with Gasteiger partial charge in [-0.15, -0.1) is 0 Å². The molecule has 0 saturated heterocycles. The van der Waals surface area contributed by atoms with Crippen molar-refractivity contribution in [3.8, 4) is 11.1 Å². The van der Waals surface area contributed by atoms with Gasteiger partial charge in [-0.05, 0) is 32.3 Å². The number of hydrogen-bond donors (Lipinski definition) is 0. The van der Waals surface area contributed by atoms with Crippen molar-refractivity contribution in [2.75, 3.05) is 0 Å². The fraction of sp³-hybridized carbons (Fsp3) is 0. The van der Waals surface area contributed by atoms with E-state index in [1.54, 1.807) is 6.07 Å². The lowest BCUT2D eigenvalue weighted by Crippen LogP contribution is -1.94. The molecule has 3 rings (SSSR count). The molecule has 0 aliphatic heterocycles. The molecule has 0 spiro atoms. The fourth-order valence-electron chi connectivity index (χ4n) is 2.37. The normalized spacial score (nSPS) is 10.7. The van der Waals surface area contributed by atoms with Crippen molar-refractivity contribution >= 4 is 32.4 Å². The summed E-state index contributed by atoms with van der Waals surface area (Å²) in [6.07, 6.45) is 0. The molecular weight excluding hydrogens is 318 g/mol. The van der Waals surface area contributed by atoms with Gasteiger partial charge in [0.1, 0.15) is 0 Å². The Morgan fingerprint density at radius 1 is 0.900 bits per heavy atom. The molecule has 20 heavy (non-hydrogen) atoms. The highest BCUT2D eigenvalue weighted by atomic mass is 79.9. The number of hydrogen-bond acceptors (Lipinski definition) is 2. The Balaban J connectivity index is 2.47. The molecule has 0 saturated carbocycles. The van der Waals surface area contributed by atoms with Gasteiger partial charge in [0.25, 0.3) is 5.69 Å². The van der Waals surface area contributed by atoms with Crippen molar-refractivity contribution in [2.45, 2.75) is 0 Å². The van der Waals surface area contributed by atoms with Gasteiger partial charge in [-0.2, -0.15) is 0 Å².